The third-order valence-electron chi connectivity index (χ3n) is 3.86. The van der Waals surface area contributed by atoms with Crippen LogP contribution in [0.25, 0.3) is 0 Å². The van der Waals surface area contributed by atoms with Gasteiger partial charge < -0.3 is 20.4 Å². The summed E-state index contributed by atoms with van der Waals surface area (Å²) in [4.78, 5) is 18.6. The largest absolute Gasteiger partial charge is 0.344 e. The summed E-state index contributed by atoms with van der Waals surface area (Å²) in [5.41, 5.74) is 5.85. The topological polar surface area (TPSA) is 52.8 Å². The monoisotopic (exact) mass is 270 g/mol. The molecule has 0 spiro atoms. The Morgan fingerprint density at radius 1 is 1.32 bits per heavy atom. The SMILES string of the molecule is CCCC(N)C(=O)N(C)CCCN1CCN(C)CC1. The molecule has 5 heteroatoms. The number of carbonyl (C=O) groups is 1. The van der Waals surface area contributed by atoms with E-state index >= 15 is 0 Å². The maximum Gasteiger partial charge on any atom is 0.239 e. The van der Waals surface area contributed by atoms with Gasteiger partial charge in [0.15, 0.2) is 0 Å². The van der Waals surface area contributed by atoms with Crippen molar-refractivity contribution in [3.8, 4) is 0 Å². The van der Waals surface area contributed by atoms with E-state index in [4.69, 9.17) is 5.73 Å². The minimum atomic E-state index is -0.321. The predicted molar refractivity (Wildman–Crippen MR) is 79.1 cm³/mol. The highest BCUT2D eigenvalue weighted by Gasteiger charge is 2.17. The number of hydrogen-bond acceptors (Lipinski definition) is 4. The van der Waals surface area contributed by atoms with Crippen molar-refractivity contribution in [2.75, 3.05) is 53.4 Å². The molecule has 1 fully saturated rings. The van der Waals surface area contributed by atoms with Gasteiger partial charge >= 0.3 is 0 Å². The zero-order valence-electron chi connectivity index (χ0n) is 12.8. The van der Waals surface area contributed by atoms with Crippen molar-refractivity contribution >= 4 is 5.91 Å². The van der Waals surface area contributed by atoms with Gasteiger partial charge in [-0.25, -0.2) is 0 Å². The van der Waals surface area contributed by atoms with E-state index < -0.39 is 0 Å². The van der Waals surface area contributed by atoms with Crippen LogP contribution in [-0.2, 0) is 4.79 Å². The molecule has 1 amide bonds. The van der Waals surface area contributed by atoms with Gasteiger partial charge in [0.25, 0.3) is 0 Å². The normalized spacial score (nSPS) is 19.4. The molecule has 1 rings (SSSR count). The molecule has 0 aromatic rings. The lowest BCUT2D eigenvalue weighted by atomic mass is 10.1. The van der Waals surface area contributed by atoms with Crippen LogP contribution in [0.4, 0.5) is 0 Å². The van der Waals surface area contributed by atoms with Crippen LogP contribution in [0.3, 0.4) is 0 Å². The van der Waals surface area contributed by atoms with Crippen LogP contribution in [0.1, 0.15) is 26.2 Å². The predicted octanol–water partition coefficient (Wildman–Crippen LogP) is 0.210. The summed E-state index contributed by atoms with van der Waals surface area (Å²) < 4.78 is 0. The third-order valence-corrected chi connectivity index (χ3v) is 3.86. The Kier molecular flexibility index (Phi) is 7.34. The van der Waals surface area contributed by atoms with E-state index in [2.05, 4.69) is 23.8 Å². The van der Waals surface area contributed by atoms with Crippen LogP contribution in [0.2, 0.25) is 0 Å². The van der Waals surface area contributed by atoms with Crippen LogP contribution in [0.15, 0.2) is 0 Å². The van der Waals surface area contributed by atoms with Gasteiger partial charge in [0, 0.05) is 39.8 Å². The first-order valence-electron chi connectivity index (χ1n) is 7.46. The van der Waals surface area contributed by atoms with Crippen LogP contribution in [0, 0.1) is 0 Å². The molecule has 1 atom stereocenters. The highest BCUT2D eigenvalue weighted by molar-refractivity contribution is 5.81. The van der Waals surface area contributed by atoms with Crippen molar-refractivity contribution < 1.29 is 4.79 Å². The second kappa shape index (κ2) is 8.51. The molecule has 112 valence electrons. The van der Waals surface area contributed by atoms with Crippen molar-refractivity contribution in [1.82, 2.24) is 14.7 Å². The van der Waals surface area contributed by atoms with Gasteiger partial charge in [-0.05, 0) is 26.4 Å². The molecule has 1 saturated heterocycles. The molecule has 2 N–H and O–H groups in total. The Labute approximate surface area is 117 Å². The Hall–Kier alpha value is -0.650. The second-order valence-corrected chi connectivity index (χ2v) is 5.65. The van der Waals surface area contributed by atoms with Crippen molar-refractivity contribution in [1.29, 1.82) is 0 Å². The highest BCUT2D eigenvalue weighted by atomic mass is 16.2. The molecule has 1 aliphatic heterocycles. The zero-order chi connectivity index (χ0) is 14.3. The molecule has 1 unspecified atom stereocenters. The van der Waals surface area contributed by atoms with Crippen molar-refractivity contribution in [3.05, 3.63) is 0 Å². The standard InChI is InChI=1S/C14H30N4O/c1-4-6-13(15)14(19)17(3)7-5-8-18-11-9-16(2)10-12-18/h13H,4-12,15H2,1-3H3. The lowest BCUT2D eigenvalue weighted by molar-refractivity contribution is -0.131. The average molecular weight is 270 g/mol. The number of nitrogens with two attached hydrogens (primary N) is 1. The molecule has 0 radical (unpaired) electrons. The smallest absolute Gasteiger partial charge is 0.239 e. The second-order valence-electron chi connectivity index (χ2n) is 5.65. The number of likely N-dealkylation sites (N-methyl/N-ethyl adjacent to an activating group) is 2. The summed E-state index contributed by atoms with van der Waals surface area (Å²) in [6.45, 7) is 8.52. The maximum absolute atomic E-state index is 11.9. The number of carbonyl (C=O) groups excluding carboxylic acids is 1. The molecular formula is C14H30N4O. The molecular weight excluding hydrogens is 240 g/mol. The van der Waals surface area contributed by atoms with E-state index in [-0.39, 0.29) is 11.9 Å². The highest BCUT2D eigenvalue weighted by Crippen LogP contribution is 2.02. The Morgan fingerprint density at radius 2 is 1.95 bits per heavy atom. The molecule has 0 bridgehead atoms. The number of piperazine rings is 1. The van der Waals surface area contributed by atoms with Crippen molar-refractivity contribution in [3.63, 3.8) is 0 Å². The summed E-state index contributed by atoms with van der Waals surface area (Å²) in [5, 5.41) is 0. The lowest BCUT2D eigenvalue weighted by Gasteiger charge is -2.32. The fourth-order valence-electron chi connectivity index (χ4n) is 2.43. The molecule has 19 heavy (non-hydrogen) atoms. The first kappa shape index (κ1) is 16.4. The van der Waals surface area contributed by atoms with E-state index in [1.807, 2.05) is 7.05 Å². The molecule has 0 saturated carbocycles. The fourth-order valence-corrected chi connectivity index (χ4v) is 2.43. The van der Waals surface area contributed by atoms with E-state index in [0.29, 0.717) is 0 Å². The minimum absolute atomic E-state index is 0.0835. The van der Waals surface area contributed by atoms with Gasteiger partial charge in [0.1, 0.15) is 0 Å². The lowest BCUT2D eigenvalue weighted by Crippen LogP contribution is -2.46. The third kappa shape index (κ3) is 5.89. The molecule has 5 nitrogen and oxygen atoms in total. The fraction of sp³-hybridized carbons (Fsp3) is 0.929. The summed E-state index contributed by atoms with van der Waals surface area (Å²) in [5.74, 6) is 0.0835. The number of amides is 1. The number of hydrogen-bond donors (Lipinski definition) is 1. The summed E-state index contributed by atoms with van der Waals surface area (Å²) in [7, 11) is 4.03. The van der Waals surface area contributed by atoms with E-state index in [1.54, 1.807) is 4.90 Å². The van der Waals surface area contributed by atoms with Crippen LogP contribution in [-0.4, -0.2) is 80.0 Å². The Balaban J connectivity index is 2.16. The molecule has 0 aromatic heterocycles. The summed E-state index contributed by atoms with van der Waals surface area (Å²) >= 11 is 0. The Morgan fingerprint density at radius 3 is 2.53 bits per heavy atom. The van der Waals surface area contributed by atoms with Crippen LogP contribution in [0.5, 0.6) is 0 Å². The van der Waals surface area contributed by atoms with Gasteiger partial charge in [-0.15, -0.1) is 0 Å². The minimum Gasteiger partial charge on any atom is -0.344 e. The van der Waals surface area contributed by atoms with Crippen LogP contribution >= 0.6 is 0 Å². The van der Waals surface area contributed by atoms with Gasteiger partial charge in [0.05, 0.1) is 6.04 Å². The van der Waals surface area contributed by atoms with Crippen molar-refractivity contribution in [2.24, 2.45) is 5.73 Å². The molecule has 0 aliphatic carbocycles. The molecule has 0 aromatic carbocycles. The Bertz CT molecular complexity index is 264. The number of nitrogens with zero attached hydrogens (tertiary/aromatic N) is 3. The van der Waals surface area contributed by atoms with E-state index in [9.17, 15) is 4.79 Å². The first-order chi connectivity index (χ1) is 9.04. The summed E-state index contributed by atoms with van der Waals surface area (Å²) in [6, 6.07) is -0.321. The zero-order valence-corrected chi connectivity index (χ0v) is 12.8. The van der Waals surface area contributed by atoms with E-state index in [1.165, 1.54) is 0 Å². The first-order valence-corrected chi connectivity index (χ1v) is 7.46. The maximum atomic E-state index is 11.9. The van der Waals surface area contributed by atoms with Gasteiger partial charge in [-0.3, -0.25) is 4.79 Å². The number of rotatable bonds is 7. The average Bonchev–Trinajstić information content (AvgIpc) is 2.40. The summed E-state index contributed by atoms with van der Waals surface area (Å²) in [6.07, 6.45) is 2.77. The van der Waals surface area contributed by atoms with Gasteiger partial charge in [0.2, 0.25) is 5.91 Å². The van der Waals surface area contributed by atoms with Gasteiger partial charge in [-0.1, -0.05) is 13.3 Å². The van der Waals surface area contributed by atoms with Gasteiger partial charge in [-0.2, -0.15) is 0 Å². The van der Waals surface area contributed by atoms with Crippen molar-refractivity contribution in [2.45, 2.75) is 32.2 Å². The van der Waals surface area contributed by atoms with Crippen LogP contribution < -0.4 is 5.73 Å². The van der Waals surface area contributed by atoms with E-state index in [0.717, 1.165) is 58.5 Å². The quantitative estimate of drug-likeness (QED) is 0.718. The molecule has 1 aliphatic rings. The molecule has 1 heterocycles.